The van der Waals surface area contributed by atoms with E-state index in [0.717, 1.165) is 37.1 Å². The van der Waals surface area contributed by atoms with Crippen LogP contribution in [0, 0.1) is 5.82 Å². The fraction of sp³-hybridized carbons (Fsp3) is 0.238. The molecule has 1 fully saturated rings. The molecule has 4 aromatic rings. The number of benzene rings is 1. The average molecular weight is 456 g/mol. The number of anilines is 1. The number of nitrogens with two attached hydrogens (primary N) is 1. The molecule has 0 aliphatic carbocycles. The summed E-state index contributed by atoms with van der Waals surface area (Å²) in [6, 6.07) is 8.77. The molecule has 3 aromatic heterocycles. The Hall–Kier alpha value is -2.88. The molecular formula is C21H19ClFN7S. The molecule has 31 heavy (non-hydrogen) atoms. The number of nitrogen functional groups attached to an aromatic ring is 1. The summed E-state index contributed by atoms with van der Waals surface area (Å²) in [4.78, 5) is 5.73. The van der Waals surface area contributed by atoms with Crippen molar-refractivity contribution in [1.29, 1.82) is 0 Å². The van der Waals surface area contributed by atoms with Crippen LogP contribution in [0.25, 0.3) is 28.2 Å². The Bertz CT molecular complexity index is 1230. The third-order valence-electron chi connectivity index (χ3n) is 5.48. The zero-order valence-corrected chi connectivity index (χ0v) is 18.0. The SMILES string of the molecule is Nc1ncc(-c2csc(C3CCNCC3)c2)cc1-c1nnnn1-c1cccc(Cl)c1F. The molecule has 7 nitrogen and oxygen atoms in total. The maximum Gasteiger partial charge on any atom is 0.190 e. The van der Waals surface area contributed by atoms with Gasteiger partial charge in [-0.2, -0.15) is 4.68 Å². The Labute approximate surface area is 187 Å². The zero-order valence-electron chi connectivity index (χ0n) is 16.4. The molecule has 1 aromatic carbocycles. The molecule has 158 valence electrons. The van der Waals surface area contributed by atoms with E-state index in [2.05, 4.69) is 37.3 Å². The number of nitrogens with one attached hydrogen (secondary N) is 1. The van der Waals surface area contributed by atoms with E-state index in [-0.39, 0.29) is 16.5 Å². The minimum atomic E-state index is -0.607. The van der Waals surface area contributed by atoms with Crippen molar-refractivity contribution in [1.82, 2.24) is 30.5 Å². The maximum atomic E-state index is 14.6. The number of pyridine rings is 1. The summed E-state index contributed by atoms with van der Waals surface area (Å²) in [5.41, 5.74) is 8.79. The molecule has 3 N–H and O–H groups in total. The number of hydrogen-bond acceptors (Lipinski definition) is 7. The molecule has 10 heteroatoms. The van der Waals surface area contributed by atoms with Gasteiger partial charge in [-0.25, -0.2) is 9.37 Å². The van der Waals surface area contributed by atoms with Crippen LogP contribution in [0.5, 0.6) is 0 Å². The van der Waals surface area contributed by atoms with Crippen molar-refractivity contribution >= 4 is 28.8 Å². The highest BCUT2D eigenvalue weighted by molar-refractivity contribution is 7.10. The van der Waals surface area contributed by atoms with Crippen molar-refractivity contribution in [2.75, 3.05) is 18.8 Å². The normalized spacial score (nSPS) is 14.8. The van der Waals surface area contributed by atoms with E-state index in [1.54, 1.807) is 29.7 Å². The molecule has 0 saturated carbocycles. The molecule has 0 unspecified atom stereocenters. The molecule has 1 saturated heterocycles. The lowest BCUT2D eigenvalue weighted by molar-refractivity contribution is 0.465. The van der Waals surface area contributed by atoms with E-state index in [0.29, 0.717) is 17.3 Å². The van der Waals surface area contributed by atoms with Crippen LogP contribution in [-0.4, -0.2) is 38.3 Å². The molecule has 1 aliphatic rings. The average Bonchev–Trinajstić information content (AvgIpc) is 3.47. The number of nitrogens with zero attached hydrogens (tertiary/aromatic N) is 5. The third-order valence-corrected chi connectivity index (χ3v) is 6.87. The zero-order chi connectivity index (χ0) is 21.4. The molecule has 0 spiro atoms. The molecule has 1 aliphatic heterocycles. The molecule has 4 heterocycles. The lowest BCUT2D eigenvalue weighted by atomic mass is 9.95. The Morgan fingerprint density at radius 2 is 2.03 bits per heavy atom. The molecule has 0 radical (unpaired) electrons. The number of rotatable bonds is 4. The Kier molecular flexibility index (Phi) is 5.39. The minimum Gasteiger partial charge on any atom is -0.383 e. The quantitative estimate of drug-likeness (QED) is 0.476. The van der Waals surface area contributed by atoms with Crippen molar-refractivity contribution in [2.45, 2.75) is 18.8 Å². The predicted octanol–water partition coefficient (Wildman–Crippen LogP) is 4.29. The van der Waals surface area contributed by atoms with Crippen molar-refractivity contribution in [3.05, 3.63) is 57.6 Å². The van der Waals surface area contributed by atoms with Crippen molar-refractivity contribution in [3.63, 3.8) is 0 Å². The topological polar surface area (TPSA) is 94.5 Å². The van der Waals surface area contributed by atoms with E-state index in [1.807, 2.05) is 6.07 Å². The summed E-state index contributed by atoms with van der Waals surface area (Å²) in [7, 11) is 0. The monoisotopic (exact) mass is 455 g/mol. The summed E-state index contributed by atoms with van der Waals surface area (Å²) < 4.78 is 15.9. The highest BCUT2D eigenvalue weighted by Crippen LogP contribution is 2.36. The number of halogens is 2. The van der Waals surface area contributed by atoms with Crippen LogP contribution in [0.15, 0.2) is 41.9 Å². The van der Waals surface area contributed by atoms with Gasteiger partial charge in [0.25, 0.3) is 0 Å². The summed E-state index contributed by atoms with van der Waals surface area (Å²) in [6.45, 7) is 2.10. The maximum absolute atomic E-state index is 14.6. The van der Waals surface area contributed by atoms with Gasteiger partial charge < -0.3 is 11.1 Å². The Morgan fingerprint density at radius 3 is 2.87 bits per heavy atom. The fourth-order valence-electron chi connectivity index (χ4n) is 3.81. The van der Waals surface area contributed by atoms with Gasteiger partial charge in [-0.05, 0) is 77.5 Å². The van der Waals surface area contributed by atoms with Crippen molar-refractivity contribution in [2.24, 2.45) is 0 Å². The van der Waals surface area contributed by atoms with E-state index < -0.39 is 5.82 Å². The lowest BCUT2D eigenvalue weighted by Gasteiger charge is -2.21. The van der Waals surface area contributed by atoms with Crippen LogP contribution < -0.4 is 11.1 Å². The van der Waals surface area contributed by atoms with Gasteiger partial charge in [-0.15, -0.1) is 16.4 Å². The van der Waals surface area contributed by atoms with E-state index in [1.165, 1.54) is 15.6 Å². The largest absolute Gasteiger partial charge is 0.383 e. The van der Waals surface area contributed by atoms with E-state index >= 15 is 0 Å². The van der Waals surface area contributed by atoms with Gasteiger partial charge in [0.1, 0.15) is 11.5 Å². The Morgan fingerprint density at radius 1 is 1.19 bits per heavy atom. The van der Waals surface area contributed by atoms with Crippen LogP contribution in [0.2, 0.25) is 5.02 Å². The highest BCUT2D eigenvalue weighted by Gasteiger charge is 2.20. The molecular weight excluding hydrogens is 437 g/mol. The standard InChI is InChI=1S/C21H19ClFN7S/c22-16-2-1-3-17(19(16)23)30-21(27-28-29-30)15-8-13(10-26-20(15)24)14-9-18(31-11-14)12-4-6-25-7-5-12/h1-3,8-12,25H,4-7H2,(H2,24,26). The molecule has 5 rings (SSSR count). The minimum absolute atomic E-state index is 0.0116. The summed E-state index contributed by atoms with van der Waals surface area (Å²) in [5.74, 6) is 0.530. The van der Waals surface area contributed by atoms with Gasteiger partial charge in [0.15, 0.2) is 11.6 Å². The molecule has 0 atom stereocenters. The number of hydrogen-bond donors (Lipinski definition) is 2. The lowest BCUT2D eigenvalue weighted by Crippen LogP contribution is -2.26. The van der Waals surface area contributed by atoms with E-state index in [4.69, 9.17) is 17.3 Å². The van der Waals surface area contributed by atoms with Gasteiger partial charge in [-0.3, -0.25) is 0 Å². The van der Waals surface area contributed by atoms with Gasteiger partial charge in [0.05, 0.1) is 10.6 Å². The smallest absolute Gasteiger partial charge is 0.190 e. The van der Waals surface area contributed by atoms with E-state index in [9.17, 15) is 4.39 Å². The summed E-state index contributed by atoms with van der Waals surface area (Å²) in [6.07, 6.45) is 4.03. The first-order chi connectivity index (χ1) is 15.1. The second kappa shape index (κ2) is 8.33. The van der Waals surface area contributed by atoms with Crippen LogP contribution in [0.1, 0.15) is 23.6 Å². The number of piperidine rings is 1. The van der Waals surface area contributed by atoms with Gasteiger partial charge in [-0.1, -0.05) is 17.7 Å². The highest BCUT2D eigenvalue weighted by atomic mass is 35.5. The first-order valence-corrected chi connectivity index (χ1v) is 11.2. The van der Waals surface area contributed by atoms with Crippen LogP contribution in [0.4, 0.5) is 10.2 Å². The molecule has 0 bridgehead atoms. The van der Waals surface area contributed by atoms with Gasteiger partial charge in [0.2, 0.25) is 0 Å². The second-order valence-electron chi connectivity index (χ2n) is 7.41. The second-order valence-corrected chi connectivity index (χ2v) is 8.76. The Balaban J connectivity index is 1.53. The fourth-order valence-corrected chi connectivity index (χ4v) is 5.07. The predicted molar refractivity (Wildman–Crippen MR) is 120 cm³/mol. The first-order valence-electron chi connectivity index (χ1n) is 9.90. The summed E-state index contributed by atoms with van der Waals surface area (Å²) >= 11 is 7.70. The van der Waals surface area contributed by atoms with Crippen LogP contribution >= 0.6 is 22.9 Å². The first kappa shape index (κ1) is 20.0. The van der Waals surface area contributed by atoms with Gasteiger partial charge >= 0.3 is 0 Å². The van der Waals surface area contributed by atoms with Crippen molar-refractivity contribution < 1.29 is 4.39 Å². The molecule has 0 amide bonds. The number of aromatic nitrogens is 5. The third kappa shape index (κ3) is 3.80. The van der Waals surface area contributed by atoms with Crippen LogP contribution in [-0.2, 0) is 0 Å². The number of thiophene rings is 1. The van der Waals surface area contributed by atoms with Gasteiger partial charge in [0, 0.05) is 16.6 Å². The summed E-state index contributed by atoms with van der Waals surface area (Å²) in [5, 5.41) is 17.3. The van der Waals surface area contributed by atoms with Crippen molar-refractivity contribution in [3.8, 4) is 28.2 Å². The number of tetrazole rings is 1. The van der Waals surface area contributed by atoms with Crippen LogP contribution in [0.3, 0.4) is 0 Å².